The van der Waals surface area contributed by atoms with E-state index in [9.17, 15) is 13.5 Å². The number of aliphatic hydroxyl groups is 1. The summed E-state index contributed by atoms with van der Waals surface area (Å²) >= 11 is 3.08. The number of nitrogens with one attached hydrogen (secondary N) is 1. The number of aromatic nitrogens is 1. The van der Waals surface area contributed by atoms with Crippen LogP contribution in [-0.2, 0) is 10.0 Å². The molecule has 23 heavy (non-hydrogen) atoms. The van der Waals surface area contributed by atoms with Gasteiger partial charge in [0.15, 0.2) is 0 Å². The Morgan fingerprint density at radius 2 is 2.04 bits per heavy atom. The minimum Gasteiger partial charge on any atom is -0.386 e. The molecular formula is C15H14N2O3S3. The number of rotatable bonds is 6. The Hall–Kier alpha value is -1.58. The van der Waals surface area contributed by atoms with Crippen LogP contribution in [0.15, 0.2) is 59.1 Å². The highest BCUT2D eigenvalue weighted by Gasteiger charge is 2.18. The van der Waals surface area contributed by atoms with E-state index < -0.39 is 16.1 Å². The Morgan fingerprint density at radius 3 is 2.74 bits per heavy atom. The topological polar surface area (TPSA) is 79.3 Å². The Morgan fingerprint density at radius 1 is 1.17 bits per heavy atom. The molecule has 1 atom stereocenters. The van der Waals surface area contributed by atoms with Crippen molar-refractivity contribution in [3.8, 4) is 9.75 Å². The molecule has 3 rings (SSSR count). The number of thiophene rings is 2. The first-order chi connectivity index (χ1) is 11.1. The molecule has 0 fully saturated rings. The van der Waals surface area contributed by atoms with Crippen LogP contribution < -0.4 is 4.72 Å². The molecule has 8 heteroatoms. The van der Waals surface area contributed by atoms with Gasteiger partial charge in [0.25, 0.3) is 0 Å². The second-order valence-electron chi connectivity index (χ2n) is 4.74. The molecule has 3 aromatic heterocycles. The van der Waals surface area contributed by atoms with Gasteiger partial charge >= 0.3 is 0 Å². The molecule has 0 aliphatic rings. The largest absolute Gasteiger partial charge is 0.386 e. The Labute approximate surface area is 142 Å². The third-order valence-electron chi connectivity index (χ3n) is 3.13. The van der Waals surface area contributed by atoms with Gasteiger partial charge in [0, 0.05) is 33.6 Å². The van der Waals surface area contributed by atoms with Gasteiger partial charge in [0.05, 0.1) is 0 Å². The number of pyridine rings is 1. The van der Waals surface area contributed by atoms with Crippen molar-refractivity contribution in [1.82, 2.24) is 9.71 Å². The highest BCUT2D eigenvalue weighted by Crippen LogP contribution is 2.33. The van der Waals surface area contributed by atoms with E-state index in [1.807, 2.05) is 29.6 Å². The van der Waals surface area contributed by atoms with Crippen LogP contribution in [0.3, 0.4) is 0 Å². The standard InChI is InChI=1S/C15H14N2O3S3/c18-12(10-17-23(19,20)11-3-1-7-16-9-11)13-5-6-15(22-13)14-4-2-8-21-14/h1-9,12,17-18H,10H2. The monoisotopic (exact) mass is 366 g/mol. The van der Waals surface area contributed by atoms with Gasteiger partial charge in [-0.2, -0.15) is 0 Å². The number of hydrogen-bond donors (Lipinski definition) is 2. The van der Waals surface area contributed by atoms with Crippen molar-refractivity contribution >= 4 is 32.7 Å². The minimum atomic E-state index is -3.67. The molecule has 0 aliphatic carbocycles. The highest BCUT2D eigenvalue weighted by atomic mass is 32.2. The third-order valence-corrected chi connectivity index (χ3v) is 6.79. The minimum absolute atomic E-state index is 0.0812. The van der Waals surface area contributed by atoms with Gasteiger partial charge in [-0.05, 0) is 35.7 Å². The molecule has 0 aliphatic heterocycles. The summed E-state index contributed by atoms with van der Waals surface area (Å²) in [5, 5.41) is 12.2. The molecule has 5 nitrogen and oxygen atoms in total. The summed E-state index contributed by atoms with van der Waals surface area (Å²) in [6.07, 6.45) is 1.89. The summed E-state index contributed by atoms with van der Waals surface area (Å²) in [6.45, 7) is -0.0817. The summed E-state index contributed by atoms with van der Waals surface area (Å²) in [5.74, 6) is 0. The first-order valence-electron chi connectivity index (χ1n) is 6.77. The Bertz CT molecular complexity index is 859. The molecule has 0 spiro atoms. The predicted molar refractivity (Wildman–Crippen MR) is 92.0 cm³/mol. The number of hydrogen-bond acceptors (Lipinski definition) is 6. The van der Waals surface area contributed by atoms with Gasteiger partial charge < -0.3 is 5.11 Å². The second-order valence-corrected chi connectivity index (χ2v) is 8.57. The van der Waals surface area contributed by atoms with Gasteiger partial charge in [-0.15, -0.1) is 22.7 Å². The molecule has 0 saturated heterocycles. The van der Waals surface area contributed by atoms with Crippen LogP contribution in [0.4, 0.5) is 0 Å². The smallest absolute Gasteiger partial charge is 0.242 e. The van der Waals surface area contributed by atoms with Crippen molar-refractivity contribution in [1.29, 1.82) is 0 Å². The van der Waals surface area contributed by atoms with E-state index in [1.54, 1.807) is 17.4 Å². The first-order valence-corrected chi connectivity index (χ1v) is 9.95. The van der Waals surface area contributed by atoms with Crippen molar-refractivity contribution < 1.29 is 13.5 Å². The highest BCUT2D eigenvalue weighted by molar-refractivity contribution is 7.89. The van der Waals surface area contributed by atoms with Gasteiger partial charge in [0.2, 0.25) is 10.0 Å². The van der Waals surface area contributed by atoms with Crippen LogP contribution in [0, 0.1) is 0 Å². The van der Waals surface area contributed by atoms with Crippen LogP contribution in [0.5, 0.6) is 0 Å². The average molecular weight is 366 g/mol. The molecule has 0 aromatic carbocycles. The number of nitrogens with zero attached hydrogens (tertiary/aromatic N) is 1. The van der Waals surface area contributed by atoms with Crippen LogP contribution in [0.1, 0.15) is 11.0 Å². The lowest BCUT2D eigenvalue weighted by molar-refractivity contribution is 0.186. The third kappa shape index (κ3) is 3.85. The van der Waals surface area contributed by atoms with Crippen LogP contribution in [0.25, 0.3) is 9.75 Å². The summed E-state index contributed by atoms with van der Waals surface area (Å²) < 4.78 is 26.6. The fraction of sp³-hybridized carbons (Fsp3) is 0.133. The number of aliphatic hydroxyl groups excluding tert-OH is 1. The summed E-state index contributed by atoms with van der Waals surface area (Å²) in [6, 6.07) is 10.8. The van der Waals surface area contributed by atoms with Crippen molar-refractivity contribution in [2.75, 3.05) is 6.54 Å². The molecule has 0 saturated carbocycles. The number of sulfonamides is 1. The molecule has 0 amide bonds. The molecule has 0 bridgehead atoms. The fourth-order valence-electron chi connectivity index (χ4n) is 1.96. The maximum absolute atomic E-state index is 12.1. The second kappa shape index (κ2) is 6.90. The summed E-state index contributed by atoms with van der Waals surface area (Å²) in [7, 11) is -3.67. The van der Waals surface area contributed by atoms with Crippen LogP contribution >= 0.6 is 22.7 Å². The molecule has 0 radical (unpaired) electrons. The van der Waals surface area contributed by atoms with Crippen LogP contribution in [0.2, 0.25) is 0 Å². The average Bonchev–Trinajstić information content (AvgIpc) is 3.24. The first kappa shape index (κ1) is 16.3. The van der Waals surface area contributed by atoms with Crippen molar-refractivity contribution in [3.63, 3.8) is 0 Å². The summed E-state index contributed by atoms with van der Waals surface area (Å²) in [4.78, 5) is 6.78. The van der Waals surface area contributed by atoms with Crippen molar-refractivity contribution in [2.24, 2.45) is 0 Å². The van der Waals surface area contributed by atoms with Gasteiger partial charge in [0.1, 0.15) is 11.0 Å². The van der Waals surface area contributed by atoms with E-state index in [4.69, 9.17) is 0 Å². The van der Waals surface area contributed by atoms with Gasteiger partial charge in [-0.3, -0.25) is 4.98 Å². The van der Waals surface area contributed by atoms with Gasteiger partial charge in [-0.25, -0.2) is 13.1 Å². The molecule has 3 aromatic rings. The SMILES string of the molecule is O=S(=O)(NCC(O)c1ccc(-c2cccs2)s1)c1cccnc1. The molecule has 1 unspecified atom stereocenters. The zero-order chi connectivity index (χ0) is 16.3. The van der Waals surface area contributed by atoms with E-state index in [0.29, 0.717) is 0 Å². The van der Waals surface area contributed by atoms with Gasteiger partial charge in [-0.1, -0.05) is 6.07 Å². The summed E-state index contributed by atoms with van der Waals surface area (Å²) in [5.41, 5.74) is 0. The maximum atomic E-state index is 12.1. The molecule has 3 heterocycles. The molecule has 2 N–H and O–H groups in total. The lowest BCUT2D eigenvalue weighted by Crippen LogP contribution is -2.28. The Kier molecular flexibility index (Phi) is 4.88. The zero-order valence-electron chi connectivity index (χ0n) is 11.9. The quantitative estimate of drug-likeness (QED) is 0.703. The zero-order valence-corrected chi connectivity index (χ0v) is 14.4. The predicted octanol–water partition coefficient (Wildman–Crippen LogP) is 2.88. The van der Waals surface area contributed by atoms with E-state index in [2.05, 4.69) is 9.71 Å². The van der Waals surface area contributed by atoms with E-state index in [0.717, 1.165) is 14.6 Å². The Balaban J connectivity index is 1.67. The van der Waals surface area contributed by atoms with Crippen molar-refractivity contribution in [2.45, 2.75) is 11.0 Å². The lowest BCUT2D eigenvalue weighted by atomic mass is 10.3. The van der Waals surface area contributed by atoms with Crippen LogP contribution in [-0.4, -0.2) is 25.1 Å². The fourth-order valence-corrected chi connectivity index (χ4v) is 4.79. The van der Waals surface area contributed by atoms with Crippen molar-refractivity contribution in [3.05, 3.63) is 59.0 Å². The normalized spacial score (nSPS) is 13.1. The van der Waals surface area contributed by atoms with E-state index in [1.165, 1.54) is 29.8 Å². The molecular weight excluding hydrogens is 352 g/mol. The van der Waals surface area contributed by atoms with E-state index in [-0.39, 0.29) is 11.4 Å². The molecule has 120 valence electrons. The lowest BCUT2D eigenvalue weighted by Gasteiger charge is -2.10. The van der Waals surface area contributed by atoms with E-state index >= 15 is 0 Å². The maximum Gasteiger partial charge on any atom is 0.242 e.